The first kappa shape index (κ1) is 37.4. The van der Waals surface area contributed by atoms with Crippen molar-refractivity contribution in [2.75, 3.05) is 40.1 Å². The van der Waals surface area contributed by atoms with Crippen molar-refractivity contribution in [3.8, 4) is 17.2 Å². The molecule has 4 aromatic rings. The van der Waals surface area contributed by atoms with Crippen LogP contribution in [0.1, 0.15) is 53.8 Å². The summed E-state index contributed by atoms with van der Waals surface area (Å²) in [5, 5.41) is 14.9. The van der Waals surface area contributed by atoms with E-state index in [-0.39, 0.29) is 31.0 Å². The lowest BCUT2D eigenvalue weighted by Crippen LogP contribution is -2.41. The quantitative estimate of drug-likeness (QED) is 0.0967. The average molecular weight is 726 g/mol. The van der Waals surface area contributed by atoms with Crippen LogP contribution < -0.4 is 19.9 Å². The average Bonchev–Trinajstić information content (AvgIpc) is 3.81. The van der Waals surface area contributed by atoms with Crippen molar-refractivity contribution in [2.24, 2.45) is 11.7 Å². The summed E-state index contributed by atoms with van der Waals surface area (Å²) in [5.41, 5.74) is 10.4. The van der Waals surface area contributed by atoms with Crippen molar-refractivity contribution in [2.45, 2.75) is 64.5 Å². The number of aryl methyl sites for hydroxylation is 3. The number of nitrogens with zero attached hydrogens (tertiary/aromatic N) is 4. The first-order chi connectivity index (χ1) is 24.3. The Bertz CT molecular complexity index is 1630. The third kappa shape index (κ3) is 11.3. The number of H-pyrrole nitrogens is 1. The smallest absolute Gasteiger partial charge is 0.227 e. The van der Waals surface area contributed by atoms with Gasteiger partial charge in [-0.25, -0.2) is 5.10 Å². The molecule has 5 rings (SSSR count). The highest BCUT2D eigenvalue weighted by atomic mass is 35.5. The molecule has 1 atom stereocenters. The Morgan fingerprint density at radius 2 is 1.60 bits per heavy atom. The molecule has 13 heteroatoms. The van der Waals surface area contributed by atoms with Crippen molar-refractivity contribution in [3.63, 3.8) is 0 Å². The Labute approximate surface area is 303 Å². The number of amides is 1. The molecule has 1 unspecified atom stereocenters. The van der Waals surface area contributed by atoms with Gasteiger partial charge in [0.15, 0.2) is 5.75 Å². The molecule has 1 fully saturated rings. The SMILES string of the molecule is COCCCc1cc(CN(C(=O)C(CN)Cc2ccc(OCCOc3c(Cl)cc(C)cc3Cl)cc2)C2CC2)cc(OCCCc2nnn[nH]2)c1. The van der Waals surface area contributed by atoms with Crippen LogP contribution in [0.2, 0.25) is 10.0 Å². The van der Waals surface area contributed by atoms with Crippen molar-refractivity contribution < 1.29 is 23.7 Å². The molecule has 0 aliphatic heterocycles. The highest BCUT2D eigenvalue weighted by Crippen LogP contribution is 2.34. The van der Waals surface area contributed by atoms with E-state index in [4.69, 9.17) is 47.9 Å². The van der Waals surface area contributed by atoms with Crippen LogP contribution in [0, 0.1) is 12.8 Å². The molecule has 268 valence electrons. The fourth-order valence-electron chi connectivity index (χ4n) is 5.79. The van der Waals surface area contributed by atoms with E-state index in [0.717, 1.165) is 65.9 Å². The minimum absolute atomic E-state index is 0.0776. The fourth-order valence-corrected chi connectivity index (χ4v) is 6.50. The van der Waals surface area contributed by atoms with Crippen LogP contribution >= 0.6 is 23.2 Å². The Balaban J connectivity index is 1.17. The van der Waals surface area contributed by atoms with Crippen molar-refractivity contribution in [3.05, 3.63) is 92.7 Å². The molecule has 3 N–H and O–H groups in total. The van der Waals surface area contributed by atoms with E-state index in [1.54, 1.807) is 7.11 Å². The number of benzene rings is 3. The summed E-state index contributed by atoms with van der Waals surface area (Å²) < 4.78 is 23.1. The summed E-state index contributed by atoms with van der Waals surface area (Å²) in [7, 11) is 1.71. The van der Waals surface area contributed by atoms with Crippen LogP contribution in [0.4, 0.5) is 0 Å². The molecule has 0 spiro atoms. The summed E-state index contributed by atoms with van der Waals surface area (Å²) in [6.07, 6.45) is 5.75. The van der Waals surface area contributed by atoms with Crippen LogP contribution in [-0.4, -0.2) is 77.6 Å². The molecule has 0 bridgehead atoms. The van der Waals surface area contributed by atoms with Gasteiger partial charge >= 0.3 is 0 Å². The zero-order valence-corrected chi connectivity index (χ0v) is 30.2. The number of aromatic amines is 1. The van der Waals surface area contributed by atoms with Crippen LogP contribution in [0.5, 0.6) is 17.2 Å². The lowest BCUT2D eigenvalue weighted by Gasteiger charge is -2.27. The Kier molecular flexibility index (Phi) is 14.1. The molecule has 1 aromatic heterocycles. The topological polar surface area (TPSA) is 138 Å². The number of halogens is 2. The summed E-state index contributed by atoms with van der Waals surface area (Å²) in [5.74, 6) is 2.41. The molecule has 0 radical (unpaired) electrons. The second-order valence-corrected chi connectivity index (χ2v) is 13.4. The van der Waals surface area contributed by atoms with Gasteiger partial charge in [0.05, 0.1) is 22.6 Å². The molecule has 1 heterocycles. The van der Waals surface area contributed by atoms with E-state index in [0.29, 0.717) is 60.8 Å². The van der Waals surface area contributed by atoms with E-state index < -0.39 is 0 Å². The van der Waals surface area contributed by atoms with E-state index in [1.807, 2.05) is 54.3 Å². The maximum Gasteiger partial charge on any atom is 0.227 e. The zero-order chi connectivity index (χ0) is 35.3. The Morgan fingerprint density at radius 3 is 2.28 bits per heavy atom. The van der Waals surface area contributed by atoms with Gasteiger partial charge in [-0.2, -0.15) is 0 Å². The highest BCUT2D eigenvalue weighted by molar-refractivity contribution is 6.37. The number of hydrogen-bond acceptors (Lipinski definition) is 9. The highest BCUT2D eigenvalue weighted by Gasteiger charge is 2.35. The first-order valence-corrected chi connectivity index (χ1v) is 17.9. The maximum atomic E-state index is 14.0. The monoisotopic (exact) mass is 724 g/mol. The summed E-state index contributed by atoms with van der Waals surface area (Å²) in [4.78, 5) is 16.0. The van der Waals surface area contributed by atoms with Gasteiger partial charge in [-0.3, -0.25) is 4.79 Å². The zero-order valence-electron chi connectivity index (χ0n) is 28.7. The van der Waals surface area contributed by atoms with Gasteiger partial charge in [-0.05, 0) is 115 Å². The van der Waals surface area contributed by atoms with Gasteiger partial charge < -0.3 is 29.6 Å². The van der Waals surface area contributed by atoms with Gasteiger partial charge in [0, 0.05) is 39.3 Å². The van der Waals surface area contributed by atoms with E-state index in [1.165, 1.54) is 0 Å². The van der Waals surface area contributed by atoms with Gasteiger partial charge in [-0.15, -0.1) is 5.10 Å². The first-order valence-electron chi connectivity index (χ1n) is 17.1. The minimum atomic E-state index is -0.342. The maximum absolute atomic E-state index is 14.0. The number of aromatic nitrogens is 4. The minimum Gasteiger partial charge on any atom is -0.494 e. The number of ether oxygens (including phenoxy) is 4. The lowest BCUT2D eigenvalue weighted by molar-refractivity contribution is -0.136. The normalized spacial score (nSPS) is 13.2. The Hall–Kier alpha value is -3.90. The number of tetrazole rings is 1. The van der Waals surface area contributed by atoms with Gasteiger partial charge in [0.1, 0.15) is 30.5 Å². The standard InChI is InChI=1S/C37H46Cl2N6O5/c1-25-17-33(38)36(34(39)18-25)50-16-15-49-31-11-7-26(8-12-31)20-29(23-40)37(46)45(30-9-10-30)24-28-19-27(5-3-13-47-2)21-32(22-28)48-14-4-6-35-41-43-44-42-35/h7-8,11-12,17-19,21-22,29-30H,3-6,9-10,13-16,20,23-24,40H2,1-2H3,(H,41,42,43,44). The number of carbonyl (C=O) groups excluding carboxylic acids is 1. The summed E-state index contributed by atoms with van der Waals surface area (Å²) in [6.45, 7) is 4.50. The second-order valence-electron chi connectivity index (χ2n) is 12.6. The van der Waals surface area contributed by atoms with Gasteiger partial charge in [0.2, 0.25) is 5.91 Å². The predicted molar refractivity (Wildman–Crippen MR) is 193 cm³/mol. The van der Waals surface area contributed by atoms with E-state index in [9.17, 15) is 4.79 Å². The molecular formula is C37H46Cl2N6O5. The number of methoxy groups -OCH3 is 1. The van der Waals surface area contributed by atoms with Crippen LogP contribution in [0.15, 0.2) is 54.6 Å². The lowest BCUT2D eigenvalue weighted by atomic mass is 9.97. The van der Waals surface area contributed by atoms with Gasteiger partial charge in [-0.1, -0.05) is 41.4 Å². The molecule has 1 aliphatic rings. The van der Waals surface area contributed by atoms with Crippen molar-refractivity contribution in [1.82, 2.24) is 25.5 Å². The molecule has 3 aromatic carbocycles. The molecule has 11 nitrogen and oxygen atoms in total. The van der Waals surface area contributed by atoms with Gasteiger partial charge in [0.25, 0.3) is 0 Å². The summed E-state index contributed by atoms with van der Waals surface area (Å²) in [6, 6.07) is 17.9. The predicted octanol–water partition coefficient (Wildman–Crippen LogP) is 6.17. The Morgan fingerprint density at radius 1 is 0.900 bits per heavy atom. The van der Waals surface area contributed by atoms with Crippen LogP contribution in [-0.2, 0) is 35.3 Å². The van der Waals surface area contributed by atoms with E-state index in [2.05, 4.69) is 32.8 Å². The molecule has 0 saturated heterocycles. The van der Waals surface area contributed by atoms with Crippen molar-refractivity contribution in [1.29, 1.82) is 0 Å². The molecule has 50 heavy (non-hydrogen) atoms. The second kappa shape index (κ2) is 18.9. The number of carbonyl (C=O) groups is 1. The molecular weight excluding hydrogens is 679 g/mol. The third-order valence-electron chi connectivity index (χ3n) is 8.46. The number of rotatable bonds is 21. The number of nitrogens with one attached hydrogen (secondary N) is 1. The van der Waals surface area contributed by atoms with Crippen LogP contribution in [0.25, 0.3) is 0 Å². The van der Waals surface area contributed by atoms with Crippen LogP contribution in [0.3, 0.4) is 0 Å². The molecule has 1 aliphatic carbocycles. The summed E-state index contributed by atoms with van der Waals surface area (Å²) >= 11 is 12.5. The third-order valence-corrected chi connectivity index (χ3v) is 9.02. The largest absolute Gasteiger partial charge is 0.494 e. The fraction of sp³-hybridized carbons (Fsp3) is 0.459. The number of nitrogens with two attached hydrogens (primary N) is 1. The van der Waals surface area contributed by atoms with Crippen molar-refractivity contribution >= 4 is 29.1 Å². The number of hydrogen-bond donors (Lipinski definition) is 2. The molecule has 1 saturated carbocycles. The molecule has 1 amide bonds. The van der Waals surface area contributed by atoms with E-state index >= 15 is 0 Å².